The Hall–Kier alpha value is -2.20. The van der Waals surface area contributed by atoms with Gasteiger partial charge in [-0.1, -0.05) is 0 Å². The number of hydrogen-bond donors (Lipinski definition) is 4. The van der Waals surface area contributed by atoms with Crippen molar-refractivity contribution >= 4 is 6.09 Å². The van der Waals surface area contributed by atoms with Gasteiger partial charge in [0.2, 0.25) is 0 Å². The van der Waals surface area contributed by atoms with Crippen molar-refractivity contribution in [3.63, 3.8) is 0 Å². The van der Waals surface area contributed by atoms with E-state index in [1.54, 1.807) is 20.8 Å². The number of aliphatic hydroxyl groups is 2. The number of phenols is 1. The topological polar surface area (TPSA) is 108 Å². The monoisotopic (exact) mass is 381 g/mol. The Labute approximate surface area is 148 Å². The molecule has 0 heterocycles. The fraction of sp³-hybridized carbons (Fsp3) is 0.562. The fourth-order valence-electron chi connectivity index (χ4n) is 1.99. The number of alkyl halides is 3. The Morgan fingerprint density at radius 3 is 2.38 bits per heavy atom. The molecule has 10 heteroatoms. The molecule has 2 atom stereocenters. The van der Waals surface area contributed by atoms with Crippen LogP contribution in [0.5, 0.6) is 11.5 Å². The number of nitrogens with one attached hydrogen (secondary N) is 1. The molecular formula is C16H22F3NO6. The van der Waals surface area contributed by atoms with E-state index in [-0.39, 0.29) is 13.0 Å². The van der Waals surface area contributed by atoms with Gasteiger partial charge in [0.1, 0.15) is 23.2 Å². The minimum Gasteiger partial charge on any atom is -0.508 e. The number of aromatic hydroxyl groups is 1. The maximum atomic E-state index is 12.4. The van der Waals surface area contributed by atoms with Gasteiger partial charge >= 0.3 is 12.5 Å². The Balaban J connectivity index is 2.72. The molecule has 0 spiro atoms. The zero-order valence-electron chi connectivity index (χ0n) is 14.5. The van der Waals surface area contributed by atoms with Crippen molar-refractivity contribution < 1.29 is 42.8 Å². The molecule has 148 valence electrons. The van der Waals surface area contributed by atoms with Crippen molar-refractivity contribution in [2.75, 3.05) is 6.54 Å². The molecule has 1 amide bonds. The van der Waals surface area contributed by atoms with Gasteiger partial charge in [0.15, 0.2) is 0 Å². The molecule has 2 unspecified atom stereocenters. The van der Waals surface area contributed by atoms with Crippen LogP contribution >= 0.6 is 0 Å². The molecule has 0 saturated carbocycles. The molecule has 0 aliphatic carbocycles. The molecule has 0 saturated heterocycles. The maximum Gasteiger partial charge on any atom is 0.573 e. The second-order valence-corrected chi connectivity index (χ2v) is 6.50. The van der Waals surface area contributed by atoms with Gasteiger partial charge in [0.05, 0.1) is 6.10 Å². The maximum absolute atomic E-state index is 12.4. The smallest absolute Gasteiger partial charge is 0.508 e. The molecule has 0 aliphatic rings. The number of hydrogen-bond acceptors (Lipinski definition) is 6. The summed E-state index contributed by atoms with van der Waals surface area (Å²) in [7, 11) is 0. The first-order valence-electron chi connectivity index (χ1n) is 7.70. The number of carbonyl (C=O) groups excluding carboxylic acids is 1. The number of rotatable bonds is 6. The summed E-state index contributed by atoms with van der Waals surface area (Å²) in [5.41, 5.74) is -1.15. The number of phenolic OH excluding ortho intramolecular Hbond substituents is 1. The van der Waals surface area contributed by atoms with Crippen LogP contribution in [0.1, 0.15) is 38.9 Å². The molecule has 0 bridgehead atoms. The average Bonchev–Trinajstić information content (AvgIpc) is 2.45. The summed E-state index contributed by atoms with van der Waals surface area (Å²) in [5.74, 6) is -1.16. The van der Waals surface area contributed by atoms with E-state index in [1.807, 2.05) is 0 Å². The lowest BCUT2D eigenvalue weighted by Crippen LogP contribution is -2.34. The van der Waals surface area contributed by atoms with Gasteiger partial charge in [-0.05, 0) is 45.4 Å². The highest BCUT2D eigenvalue weighted by Gasteiger charge is 2.34. The largest absolute Gasteiger partial charge is 0.573 e. The molecule has 0 aliphatic heterocycles. The molecule has 0 fully saturated rings. The van der Waals surface area contributed by atoms with Gasteiger partial charge in [-0.3, -0.25) is 0 Å². The molecule has 0 aromatic heterocycles. The van der Waals surface area contributed by atoms with E-state index in [1.165, 1.54) is 0 Å². The lowest BCUT2D eigenvalue weighted by molar-refractivity contribution is -0.275. The van der Waals surface area contributed by atoms with Crippen molar-refractivity contribution in [1.29, 1.82) is 0 Å². The molecule has 0 radical (unpaired) electrons. The van der Waals surface area contributed by atoms with Crippen LogP contribution in [0.3, 0.4) is 0 Å². The minimum atomic E-state index is -5.01. The first kappa shape index (κ1) is 21.8. The van der Waals surface area contributed by atoms with Gasteiger partial charge in [-0.15, -0.1) is 13.2 Å². The Bertz CT molecular complexity index is 615. The van der Waals surface area contributed by atoms with Crippen LogP contribution < -0.4 is 10.1 Å². The number of carbonyl (C=O) groups is 1. The number of amides is 1. The van der Waals surface area contributed by atoms with E-state index in [0.717, 1.165) is 18.2 Å². The third-order valence-corrected chi connectivity index (χ3v) is 3.01. The minimum absolute atomic E-state index is 0.0958. The van der Waals surface area contributed by atoms with E-state index in [9.17, 15) is 33.3 Å². The van der Waals surface area contributed by atoms with Gasteiger partial charge in [-0.25, -0.2) is 4.79 Å². The second-order valence-electron chi connectivity index (χ2n) is 6.50. The summed E-state index contributed by atoms with van der Waals surface area (Å²) in [6.45, 7) is 4.89. The molecule has 1 aromatic carbocycles. The number of halogens is 3. The van der Waals surface area contributed by atoms with E-state index in [0.29, 0.717) is 0 Å². The standard InChI is InChI=1S/C16H22F3NO6/c1-15(2,3)26-14(24)20-7-6-11(22)13(23)10-8-9(21)4-5-12(10)25-16(17,18)19/h4-5,8,11,13,21-23H,6-7H2,1-3H3,(H,20,24). The van der Waals surface area contributed by atoms with Crippen LogP contribution in [-0.4, -0.2) is 46.0 Å². The molecule has 1 aromatic rings. The summed E-state index contributed by atoms with van der Waals surface area (Å²) in [6, 6.07) is 2.64. The number of alkyl carbamates (subject to hydrolysis) is 1. The van der Waals surface area contributed by atoms with Crippen molar-refractivity contribution in [2.24, 2.45) is 0 Å². The number of benzene rings is 1. The molecule has 26 heavy (non-hydrogen) atoms. The quantitative estimate of drug-likeness (QED) is 0.603. The Morgan fingerprint density at radius 2 is 1.85 bits per heavy atom. The lowest BCUT2D eigenvalue weighted by Gasteiger charge is -2.22. The summed E-state index contributed by atoms with van der Waals surface area (Å²) in [4.78, 5) is 11.5. The molecule has 1 rings (SSSR count). The fourth-order valence-corrected chi connectivity index (χ4v) is 1.99. The van der Waals surface area contributed by atoms with Gasteiger partial charge in [0.25, 0.3) is 0 Å². The van der Waals surface area contributed by atoms with E-state index in [4.69, 9.17) is 4.74 Å². The SMILES string of the molecule is CC(C)(C)OC(=O)NCCC(O)C(O)c1cc(O)ccc1OC(F)(F)F. The van der Waals surface area contributed by atoms with Crippen LogP contribution in [0, 0.1) is 0 Å². The predicted octanol–water partition coefficient (Wildman–Crippen LogP) is 2.60. The van der Waals surface area contributed by atoms with Crippen LogP contribution in [0.4, 0.5) is 18.0 Å². The van der Waals surface area contributed by atoms with Crippen molar-refractivity contribution in [2.45, 2.75) is 51.4 Å². The third kappa shape index (κ3) is 7.79. The Kier molecular flexibility index (Phi) is 7.10. The summed E-state index contributed by atoms with van der Waals surface area (Å²) < 4.78 is 46.0. The first-order chi connectivity index (χ1) is 11.8. The third-order valence-electron chi connectivity index (χ3n) is 3.01. The highest BCUT2D eigenvalue weighted by Crippen LogP contribution is 2.34. The van der Waals surface area contributed by atoms with Crippen molar-refractivity contribution in [3.8, 4) is 11.5 Å². The van der Waals surface area contributed by atoms with Crippen LogP contribution in [0.15, 0.2) is 18.2 Å². The summed E-state index contributed by atoms with van der Waals surface area (Å²) >= 11 is 0. The molecule has 4 N–H and O–H groups in total. The van der Waals surface area contributed by atoms with Crippen LogP contribution in [0.2, 0.25) is 0 Å². The van der Waals surface area contributed by atoms with Crippen LogP contribution in [0.25, 0.3) is 0 Å². The highest BCUT2D eigenvalue weighted by molar-refractivity contribution is 5.67. The molecular weight excluding hydrogens is 359 g/mol. The predicted molar refractivity (Wildman–Crippen MR) is 84.6 cm³/mol. The van der Waals surface area contributed by atoms with Gasteiger partial charge in [0, 0.05) is 12.1 Å². The first-order valence-corrected chi connectivity index (χ1v) is 7.70. The zero-order chi connectivity index (χ0) is 20.1. The normalized spacial score (nSPS) is 14.5. The van der Waals surface area contributed by atoms with Gasteiger partial charge < -0.3 is 30.1 Å². The van der Waals surface area contributed by atoms with Crippen LogP contribution in [-0.2, 0) is 4.74 Å². The highest BCUT2D eigenvalue weighted by atomic mass is 19.4. The zero-order valence-corrected chi connectivity index (χ0v) is 14.5. The van der Waals surface area contributed by atoms with Crippen molar-refractivity contribution in [1.82, 2.24) is 5.32 Å². The van der Waals surface area contributed by atoms with E-state index < -0.39 is 47.3 Å². The second kappa shape index (κ2) is 8.45. The lowest BCUT2D eigenvalue weighted by atomic mass is 10.0. The Morgan fingerprint density at radius 1 is 1.23 bits per heavy atom. The van der Waals surface area contributed by atoms with E-state index >= 15 is 0 Å². The van der Waals surface area contributed by atoms with Gasteiger partial charge in [-0.2, -0.15) is 0 Å². The summed E-state index contributed by atoms with van der Waals surface area (Å²) in [5, 5.41) is 31.8. The average molecular weight is 381 g/mol. The van der Waals surface area contributed by atoms with E-state index in [2.05, 4.69) is 10.1 Å². The number of ether oxygens (including phenoxy) is 2. The number of aliphatic hydroxyl groups excluding tert-OH is 2. The van der Waals surface area contributed by atoms with Crippen molar-refractivity contribution in [3.05, 3.63) is 23.8 Å². The summed E-state index contributed by atoms with van der Waals surface area (Å²) in [6.07, 6.45) is -9.23. The molecule has 7 nitrogen and oxygen atoms in total.